The van der Waals surface area contributed by atoms with Crippen LogP contribution in [0.15, 0.2) is 24.3 Å². The fourth-order valence-electron chi connectivity index (χ4n) is 2.12. The lowest BCUT2D eigenvalue weighted by Crippen LogP contribution is -2.33. The third kappa shape index (κ3) is 6.35. The lowest BCUT2D eigenvalue weighted by atomic mass is 10.1. The summed E-state index contributed by atoms with van der Waals surface area (Å²) in [6, 6.07) is 7.51. The zero-order valence-corrected chi connectivity index (χ0v) is 12.7. The predicted molar refractivity (Wildman–Crippen MR) is 77.6 cm³/mol. The van der Waals surface area contributed by atoms with E-state index in [1.807, 2.05) is 31.2 Å². The molecule has 0 bridgehead atoms. The highest BCUT2D eigenvalue weighted by molar-refractivity contribution is 5.36. The van der Waals surface area contributed by atoms with Crippen LogP contribution >= 0.6 is 0 Å². The first-order chi connectivity index (χ1) is 9.87. The molecule has 0 saturated carbocycles. The Kier molecular flexibility index (Phi) is 6.98. The van der Waals surface area contributed by atoms with Crippen LogP contribution < -0.4 is 10.1 Å². The van der Waals surface area contributed by atoms with Crippen molar-refractivity contribution < 1.29 is 17.9 Å². The molecule has 0 aliphatic carbocycles. The first-order valence-corrected chi connectivity index (χ1v) is 7.01. The van der Waals surface area contributed by atoms with Crippen molar-refractivity contribution in [2.24, 2.45) is 0 Å². The third-order valence-corrected chi connectivity index (χ3v) is 3.21. The molecule has 0 aliphatic heterocycles. The molecule has 0 heterocycles. The zero-order chi connectivity index (χ0) is 15.9. The Labute approximate surface area is 124 Å². The van der Waals surface area contributed by atoms with Crippen molar-refractivity contribution >= 4 is 0 Å². The van der Waals surface area contributed by atoms with Crippen LogP contribution in [0.1, 0.15) is 24.9 Å². The first-order valence-electron chi connectivity index (χ1n) is 7.01. The molecule has 0 aliphatic rings. The molecule has 1 rings (SSSR count). The normalized spacial score (nSPS) is 13.5. The molecule has 1 N–H and O–H groups in total. The molecular formula is C15H23F3N2O. The Hall–Kier alpha value is -1.27. The molecule has 0 radical (unpaired) electrons. The standard InChI is InChI=1S/C15H23F3N2O/c1-4-21-14-8-6-5-7-12(14)13(19-2)11-20(3)10-9-15(16,17)18/h5-8,13,19H,4,9-11H2,1-3H3. The van der Waals surface area contributed by atoms with Crippen molar-refractivity contribution in [2.75, 3.05) is 33.8 Å². The van der Waals surface area contributed by atoms with E-state index in [0.717, 1.165) is 11.3 Å². The minimum Gasteiger partial charge on any atom is -0.494 e. The van der Waals surface area contributed by atoms with Crippen LogP contribution in [0.3, 0.4) is 0 Å². The molecule has 1 aromatic rings. The number of para-hydroxylation sites is 1. The van der Waals surface area contributed by atoms with Crippen molar-refractivity contribution in [3.63, 3.8) is 0 Å². The zero-order valence-electron chi connectivity index (χ0n) is 12.7. The van der Waals surface area contributed by atoms with Crippen molar-refractivity contribution in [2.45, 2.75) is 25.6 Å². The van der Waals surface area contributed by atoms with E-state index in [1.54, 1.807) is 19.0 Å². The highest BCUT2D eigenvalue weighted by atomic mass is 19.4. The SMILES string of the molecule is CCOc1ccccc1C(CN(C)CCC(F)(F)F)NC. The van der Waals surface area contributed by atoms with Crippen LogP contribution in [-0.2, 0) is 0 Å². The van der Waals surface area contributed by atoms with Crippen LogP contribution in [0.2, 0.25) is 0 Å². The van der Waals surface area contributed by atoms with Crippen molar-refractivity contribution in [3.8, 4) is 5.75 Å². The van der Waals surface area contributed by atoms with E-state index in [4.69, 9.17) is 4.74 Å². The highest BCUT2D eigenvalue weighted by Crippen LogP contribution is 2.26. The van der Waals surface area contributed by atoms with Gasteiger partial charge in [0.05, 0.1) is 13.0 Å². The van der Waals surface area contributed by atoms with Crippen LogP contribution in [0.25, 0.3) is 0 Å². The molecule has 6 heteroatoms. The number of rotatable bonds is 8. The van der Waals surface area contributed by atoms with E-state index < -0.39 is 12.6 Å². The Balaban J connectivity index is 2.70. The fourth-order valence-corrected chi connectivity index (χ4v) is 2.12. The van der Waals surface area contributed by atoms with Gasteiger partial charge in [-0.1, -0.05) is 18.2 Å². The van der Waals surface area contributed by atoms with Crippen LogP contribution in [0.4, 0.5) is 13.2 Å². The maximum atomic E-state index is 12.3. The van der Waals surface area contributed by atoms with Gasteiger partial charge in [-0.25, -0.2) is 0 Å². The summed E-state index contributed by atoms with van der Waals surface area (Å²) in [6.07, 6.45) is -4.92. The summed E-state index contributed by atoms with van der Waals surface area (Å²) in [5.41, 5.74) is 0.959. The summed E-state index contributed by atoms with van der Waals surface area (Å²) < 4.78 is 42.4. The molecule has 21 heavy (non-hydrogen) atoms. The number of hydrogen-bond acceptors (Lipinski definition) is 3. The number of hydrogen-bond donors (Lipinski definition) is 1. The Morgan fingerprint density at radius 1 is 1.29 bits per heavy atom. The lowest BCUT2D eigenvalue weighted by Gasteiger charge is -2.26. The monoisotopic (exact) mass is 304 g/mol. The molecule has 0 amide bonds. The van der Waals surface area contributed by atoms with Gasteiger partial charge in [-0.3, -0.25) is 0 Å². The van der Waals surface area contributed by atoms with Crippen LogP contribution in [0, 0.1) is 0 Å². The highest BCUT2D eigenvalue weighted by Gasteiger charge is 2.27. The van der Waals surface area contributed by atoms with E-state index in [0.29, 0.717) is 13.2 Å². The number of nitrogens with one attached hydrogen (secondary N) is 1. The summed E-state index contributed by atoms with van der Waals surface area (Å²) in [5.74, 6) is 0.767. The van der Waals surface area contributed by atoms with E-state index in [-0.39, 0.29) is 12.6 Å². The second kappa shape index (κ2) is 8.24. The van der Waals surface area contributed by atoms with Gasteiger partial charge in [0.25, 0.3) is 0 Å². The number of ether oxygens (including phenoxy) is 1. The lowest BCUT2D eigenvalue weighted by molar-refractivity contribution is -0.137. The minimum atomic E-state index is -4.12. The summed E-state index contributed by atoms with van der Waals surface area (Å²) in [6.45, 7) is 2.92. The number of nitrogens with zero attached hydrogens (tertiary/aromatic N) is 1. The van der Waals surface area contributed by atoms with E-state index in [2.05, 4.69) is 5.32 Å². The predicted octanol–water partition coefficient (Wildman–Crippen LogP) is 3.23. The molecular weight excluding hydrogens is 281 g/mol. The Morgan fingerprint density at radius 2 is 1.95 bits per heavy atom. The second-order valence-corrected chi connectivity index (χ2v) is 4.94. The van der Waals surface area contributed by atoms with Gasteiger partial charge in [-0.2, -0.15) is 13.2 Å². The molecule has 1 unspecified atom stereocenters. The maximum absolute atomic E-state index is 12.3. The molecule has 1 aromatic carbocycles. The molecule has 3 nitrogen and oxygen atoms in total. The Bertz CT molecular complexity index is 424. The summed E-state index contributed by atoms with van der Waals surface area (Å²) in [4.78, 5) is 1.68. The van der Waals surface area contributed by atoms with Gasteiger partial charge in [0, 0.05) is 24.7 Å². The summed E-state index contributed by atoms with van der Waals surface area (Å²) in [5, 5.41) is 3.14. The fraction of sp³-hybridized carbons (Fsp3) is 0.600. The summed E-state index contributed by atoms with van der Waals surface area (Å²) in [7, 11) is 3.49. The minimum absolute atomic E-state index is 0.0154. The van der Waals surface area contributed by atoms with Crippen molar-refractivity contribution in [1.29, 1.82) is 0 Å². The largest absolute Gasteiger partial charge is 0.494 e. The first kappa shape index (κ1) is 17.8. The molecule has 120 valence electrons. The van der Waals surface area contributed by atoms with Gasteiger partial charge in [-0.15, -0.1) is 0 Å². The number of benzene rings is 1. The second-order valence-electron chi connectivity index (χ2n) is 4.94. The van der Waals surface area contributed by atoms with Gasteiger partial charge in [0.1, 0.15) is 5.75 Å². The van der Waals surface area contributed by atoms with E-state index >= 15 is 0 Å². The number of likely N-dealkylation sites (N-methyl/N-ethyl adjacent to an activating group) is 2. The molecule has 0 fully saturated rings. The smallest absolute Gasteiger partial charge is 0.390 e. The number of halogens is 3. The van der Waals surface area contributed by atoms with E-state index in [9.17, 15) is 13.2 Å². The van der Waals surface area contributed by atoms with Crippen molar-refractivity contribution in [3.05, 3.63) is 29.8 Å². The molecule has 1 atom stereocenters. The molecule has 0 aromatic heterocycles. The molecule has 0 spiro atoms. The van der Waals surface area contributed by atoms with Gasteiger partial charge in [0.15, 0.2) is 0 Å². The maximum Gasteiger partial charge on any atom is 0.390 e. The van der Waals surface area contributed by atoms with Crippen LogP contribution in [-0.4, -0.2) is 44.9 Å². The number of alkyl halides is 3. The van der Waals surface area contributed by atoms with Gasteiger partial charge >= 0.3 is 6.18 Å². The topological polar surface area (TPSA) is 24.5 Å². The molecule has 0 saturated heterocycles. The Morgan fingerprint density at radius 3 is 2.52 bits per heavy atom. The average Bonchev–Trinajstić information content (AvgIpc) is 2.43. The van der Waals surface area contributed by atoms with E-state index in [1.165, 1.54) is 0 Å². The quantitative estimate of drug-likeness (QED) is 0.798. The average molecular weight is 304 g/mol. The van der Waals surface area contributed by atoms with Crippen molar-refractivity contribution in [1.82, 2.24) is 10.2 Å². The third-order valence-electron chi connectivity index (χ3n) is 3.21. The van der Waals surface area contributed by atoms with Gasteiger partial charge in [0.2, 0.25) is 0 Å². The van der Waals surface area contributed by atoms with Gasteiger partial charge < -0.3 is 15.0 Å². The van der Waals surface area contributed by atoms with Gasteiger partial charge in [-0.05, 0) is 27.1 Å². The summed E-state index contributed by atoms with van der Waals surface area (Å²) >= 11 is 0. The van der Waals surface area contributed by atoms with Crippen LogP contribution in [0.5, 0.6) is 5.75 Å².